The Morgan fingerprint density at radius 1 is 1.09 bits per heavy atom. The number of thioether (sulfide) groups is 1. The van der Waals surface area contributed by atoms with Gasteiger partial charge in [-0.1, -0.05) is 41.6 Å². The van der Waals surface area contributed by atoms with Crippen LogP contribution in [0.25, 0.3) is 5.69 Å². The van der Waals surface area contributed by atoms with E-state index in [-0.39, 0.29) is 17.8 Å². The second-order valence-electron chi connectivity index (χ2n) is 8.61. The molecule has 9 nitrogen and oxygen atoms in total. The maximum atomic E-state index is 13.0. The molecule has 184 valence electrons. The first-order valence-electron chi connectivity index (χ1n) is 11.7. The molecule has 1 fully saturated rings. The van der Waals surface area contributed by atoms with Crippen LogP contribution in [0.2, 0.25) is 0 Å². The van der Waals surface area contributed by atoms with Gasteiger partial charge in [0.25, 0.3) is 0 Å². The minimum absolute atomic E-state index is 0.0103. The topological polar surface area (TPSA) is 82.0 Å². The summed E-state index contributed by atoms with van der Waals surface area (Å²) in [5.41, 5.74) is 2.15. The summed E-state index contributed by atoms with van der Waals surface area (Å²) in [6, 6.07) is 15.8. The lowest BCUT2D eigenvalue weighted by molar-refractivity contribution is -0.128. The molecule has 0 saturated carbocycles. The second-order valence-corrected chi connectivity index (χ2v) is 9.56. The fraction of sp³-hybridized carbons (Fsp3) is 0.400. The predicted octanol–water partition coefficient (Wildman–Crippen LogP) is 2.80. The normalized spacial score (nSPS) is 17.3. The highest BCUT2D eigenvalue weighted by Gasteiger charge is 2.25. The predicted molar refractivity (Wildman–Crippen MR) is 134 cm³/mol. The first-order valence-corrected chi connectivity index (χ1v) is 12.7. The molecule has 10 heteroatoms. The van der Waals surface area contributed by atoms with Crippen LogP contribution < -0.4 is 14.4 Å². The van der Waals surface area contributed by atoms with Crippen LogP contribution in [-0.4, -0.2) is 83.9 Å². The molecule has 0 radical (unpaired) electrons. The molecule has 35 heavy (non-hydrogen) atoms. The maximum absolute atomic E-state index is 13.0. The van der Waals surface area contributed by atoms with Crippen LogP contribution in [0.4, 0.5) is 5.95 Å². The Morgan fingerprint density at radius 2 is 1.83 bits per heavy atom. The van der Waals surface area contributed by atoms with Crippen LogP contribution in [0.5, 0.6) is 11.5 Å². The lowest BCUT2D eigenvalue weighted by Crippen LogP contribution is -2.42. The van der Waals surface area contributed by atoms with Crippen LogP contribution >= 0.6 is 11.8 Å². The first-order chi connectivity index (χ1) is 17.1. The van der Waals surface area contributed by atoms with Crippen molar-refractivity contribution in [3.8, 4) is 17.2 Å². The molecule has 3 heterocycles. The number of para-hydroxylation sites is 2. The average molecular weight is 496 g/mol. The molecule has 1 saturated heterocycles. The maximum Gasteiger partial charge on any atom is 0.232 e. The van der Waals surface area contributed by atoms with Gasteiger partial charge in [-0.15, -0.1) is 10.2 Å². The minimum Gasteiger partial charge on any atom is -0.486 e. The van der Waals surface area contributed by atoms with E-state index in [2.05, 4.69) is 46.3 Å². The molecule has 1 aromatic heterocycles. The van der Waals surface area contributed by atoms with Crippen LogP contribution in [-0.2, 0) is 9.53 Å². The van der Waals surface area contributed by atoms with Gasteiger partial charge in [0, 0.05) is 20.1 Å². The highest BCUT2D eigenvalue weighted by molar-refractivity contribution is 7.99. The number of carbonyl (C=O) groups is 1. The van der Waals surface area contributed by atoms with Crippen molar-refractivity contribution in [1.29, 1.82) is 0 Å². The summed E-state index contributed by atoms with van der Waals surface area (Å²) in [6.45, 7) is 5.73. The lowest BCUT2D eigenvalue weighted by atomic mass is 10.2. The van der Waals surface area contributed by atoms with Crippen molar-refractivity contribution in [2.45, 2.75) is 18.2 Å². The van der Waals surface area contributed by atoms with Crippen molar-refractivity contribution in [3.05, 3.63) is 54.1 Å². The highest BCUT2D eigenvalue weighted by Crippen LogP contribution is 2.31. The minimum atomic E-state index is -0.215. The van der Waals surface area contributed by atoms with Crippen molar-refractivity contribution in [1.82, 2.24) is 19.7 Å². The number of morpholine rings is 1. The molecule has 0 bridgehead atoms. The van der Waals surface area contributed by atoms with Gasteiger partial charge in [0.2, 0.25) is 11.9 Å². The summed E-state index contributed by atoms with van der Waals surface area (Å²) in [7, 11) is 1.79. The van der Waals surface area contributed by atoms with Crippen molar-refractivity contribution >= 4 is 23.6 Å². The zero-order valence-corrected chi connectivity index (χ0v) is 20.7. The molecule has 0 spiro atoms. The van der Waals surface area contributed by atoms with Gasteiger partial charge in [-0.25, -0.2) is 0 Å². The van der Waals surface area contributed by atoms with E-state index in [0.717, 1.165) is 30.5 Å². The molecule has 5 rings (SSSR count). The molecule has 0 aliphatic carbocycles. The van der Waals surface area contributed by atoms with Crippen LogP contribution in [0, 0.1) is 6.92 Å². The van der Waals surface area contributed by atoms with Gasteiger partial charge < -0.3 is 24.0 Å². The molecule has 1 atom stereocenters. The number of nitrogens with zero attached hydrogens (tertiary/aromatic N) is 5. The molecular formula is C25H29N5O4S. The third kappa shape index (κ3) is 5.38. The number of ether oxygens (including phenoxy) is 3. The monoisotopic (exact) mass is 495 g/mol. The van der Waals surface area contributed by atoms with E-state index in [1.54, 1.807) is 11.9 Å². The third-order valence-corrected chi connectivity index (χ3v) is 6.91. The number of rotatable bonds is 7. The standard InChI is InChI=1S/C25H29N5O4S/c1-18-7-9-19(10-8-18)30-24(29-11-13-32-14-12-29)26-27-25(30)35-17-23(31)28(2)15-20-16-33-21-5-3-4-6-22(21)34-20/h3-10,20H,11-17H2,1-2H3. The molecule has 2 aliphatic heterocycles. The number of likely N-dealkylation sites (N-methyl/N-ethyl adjacent to an activating group) is 1. The van der Waals surface area contributed by atoms with E-state index in [1.165, 1.54) is 17.3 Å². The molecule has 1 unspecified atom stereocenters. The van der Waals surface area contributed by atoms with Crippen molar-refractivity contribution < 1.29 is 19.0 Å². The van der Waals surface area contributed by atoms with E-state index in [4.69, 9.17) is 14.2 Å². The summed E-state index contributed by atoms with van der Waals surface area (Å²) in [4.78, 5) is 16.8. The number of amides is 1. The van der Waals surface area contributed by atoms with Crippen LogP contribution in [0.1, 0.15) is 5.56 Å². The zero-order chi connectivity index (χ0) is 24.2. The average Bonchev–Trinajstić information content (AvgIpc) is 3.32. The van der Waals surface area contributed by atoms with Crippen LogP contribution in [0.3, 0.4) is 0 Å². The third-order valence-electron chi connectivity index (χ3n) is 6.00. The number of fused-ring (bicyclic) bond motifs is 1. The Kier molecular flexibility index (Phi) is 7.10. The Bertz CT molecular complexity index is 1160. The summed E-state index contributed by atoms with van der Waals surface area (Å²) < 4.78 is 19.3. The number of hydrogen-bond acceptors (Lipinski definition) is 8. The number of carbonyl (C=O) groups excluding carboxylic acids is 1. The summed E-state index contributed by atoms with van der Waals surface area (Å²) in [6.07, 6.45) is -0.215. The number of aromatic nitrogens is 3. The van der Waals surface area contributed by atoms with E-state index >= 15 is 0 Å². The Morgan fingerprint density at radius 3 is 2.60 bits per heavy atom. The van der Waals surface area contributed by atoms with E-state index in [9.17, 15) is 4.79 Å². The highest BCUT2D eigenvalue weighted by atomic mass is 32.2. The Balaban J connectivity index is 1.26. The number of anilines is 1. The lowest BCUT2D eigenvalue weighted by Gasteiger charge is -2.29. The van der Waals surface area contributed by atoms with Crippen LogP contribution in [0.15, 0.2) is 53.7 Å². The molecule has 2 aromatic carbocycles. The fourth-order valence-corrected chi connectivity index (χ4v) is 4.93. The smallest absolute Gasteiger partial charge is 0.232 e. The number of hydrogen-bond donors (Lipinski definition) is 0. The largest absolute Gasteiger partial charge is 0.486 e. The van der Waals surface area contributed by atoms with E-state index < -0.39 is 0 Å². The Hall–Kier alpha value is -3.24. The zero-order valence-electron chi connectivity index (χ0n) is 19.9. The quantitative estimate of drug-likeness (QED) is 0.463. The number of aryl methyl sites for hydroxylation is 1. The van der Waals surface area contributed by atoms with Gasteiger partial charge in [-0.05, 0) is 31.2 Å². The van der Waals surface area contributed by atoms with Crippen molar-refractivity contribution in [3.63, 3.8) is 0 Å². The summed E-state index contributed by atoms with van der Waals surface area (Å²) in [5.74, 6) is 2.45. The van der Waals surface area contributed by atoms with Crippen molar-refractivity contribution in [2.75, 3.05) is 57.2 Å². The molecular weight excluding hydrogens is 466 g/mol. The van der Waals surface area contributed by atoms with Gasteiger partial charge in [0.05, 0.1) is 31.2 Å². The van der Waals surface area contributed by atoms with Gasteiger partial charge in [0.15, 0.2) is 22.8 Å². The van der Waals surface area contributed by atoms with E-state index in [1.807, 2.05) is 28.8 Å². The van der Waals surface area contributed by atoms with Gasteiger partial charge in [0.1, 0.15) is 6.61 Å². The SMILES string of the molecule is Cc1ccc(-n2c(SCC(=O)N(C)CC3COc4ccccc4O3)nnc2N2CCOCC2)cc1. The molecule has 1 amide bonds. The summed E-state index contributed by atoms with van der Waals surface area (Å²) >= 11 is 1.39. The van der Waals surface area contributed by atoms with Gasteiger partial charge >= 0.3 is 0 Å². The van der Waals surface area contributed by atoms with Gasteiger partial charge in [-0.2, -0.15) is 0 Å². The Labute approximate surface area is 209 Å². The van der Waals surface area contributed by atoms with E-state index in [0.29, 0.717) is 37.3 Å². The summed E-state index contributed by atoms with van der Waals surface area (Å²) in [5, 5.41) is 9.60. The van der Waals surface area contributed by atoms with Gasteiger partial charge in [-0.3, -0.25) is 9.36 Å². The molecule has 2 aliphatic rings. The van der Waals surface area contributed by atoms with Crippen molar-refractivity contribution in [2.24, 2.45) is 0 Å². The molecule has 0 N–H and O–H groups in total. The first kappa shape index (κ1) is 23.5. The number of benzene rings is 2. The fourth-order valence-electron chi connectivity index (χ4n) is 4.04. The second kappa shape index (κ2) is 10.6. The molecule has 3 aromatic rings.